The number of hydrogen-bond acceptors (Lipinski definition) is 35. The number of ether oxygens (including phenoxy) is 16. The Morgan fingerprint density at radius 2 is 0.951 bits per heavy atom. The SMILES string of the molecule is COc1cc(C=CC(=O)OCC2OC(OC3C(OC(=O)C=Cc4ccc(OC5OC(C)C(O)C(O)C5O)c(OC)c4)C(CO)OC(OC4(COC(=O)C=Cc5ccc(O)c(OC)c5)OC(CO)C(O)C4OC(=O)c4ccccc4)C3OC3OC(CO)C(O)C(O)C3O)C(O)C(O)C2O)ccc1O. The van der Waals surface area contributed by atoms with Crippen LogP contribution in [0.15, 0.2) is 103 Å². The van der Waals surface area contributed by atoms with Crippen molar-refractivity contribution < 1.29 is 172 Å². The fourth-order valence-electron chi connectivity index (χ4n) is 11.4. The molecule has 5 fully saturated rings. The van der Waals surface area contributed by atoms with Crippen molar-refractivity contribution in [2.75, 3.05) is 54.4 Å². The van der Waals surface area contributed by atoms with Crippen molar-refractivity contribution in [2.45, 2.75) is 154 Å². The molecule has 15 N–H and O–H groups in total. The van der Waals surface area contributed by atoms with Crippen molar-refractivity contribution in [3.05, 3.63) is 125 Å². The largest absolute Gasteiger partial charge is 0.504 e. The number of esters is 4. The van der Waals surface area contributed by atoms with Crippen LogP contribution in [0.25, 0.3) is 18.2 Å². The number of carbonyl (C=O) groups is 4. The quantitative estimate of drug-likeness (QED) is 0.0157. The summed E-state index contributed by atoms with van der Waals surface area (Å²) in [6.45, 7) is -4.20. The van der Waals surface area contributed by atoms with Gasteiger partial charge in [-0.1, -0.05) is 36.4 Å². The van der Waals surface area contributed by atoms with E-state index in [1.54, 1.807) is 6.07 Å². The third-order valence-corrected chi connectivity index (χ3v) is 17.0. The standard InChI is InChI=1S/C67H80O35/c1-30-48(76)52(80)55(83)63(92-30)93-37-18-12-33(24-40(37)89-4)15-21-47(75)97-58-43(27-70)95-66(102-67(29-91-46(74)20-14-32-11-17-36(72)39(23-32)88-3)61(51(79)42(26-69)101-67)100-62(86)34-8-6-5-7-9-34)60(99-64-56(84)53(81)49(77)41(25-68)94-64)59(58)98-65-57(85)54(82)50(78)44(96-65)28-90-45(73)19-13-31-10-16-35(71)38(22-31)87-2/h5-24,30,41-44,48-61,63-66,68-72,76-85H,25-29H2,1-4H3. The van der Waals surface area contributed by atoms with Crippen molar-refractivity contribution in [3.63, 3.8) is 0 Å². The Kier molecular flexibility index (Phi) is 26.8. The Balaban J connectivity index is 1.12. The summed E-state index contributed by atoms with van der Waals surface area (Å²) in [6, 6.07) is 19.2. The van der Waals surface area contributed by atoms with Crippen molar-refractivity contribution in [3.8, 4) is 34.5 Å². The van der Waals surface area contributed by atoms with Gasteiger partial charge in [-0.05, 0) is 90.4 Å². The van der Waals surface area contributed by atoms with E-state index < -0.39 is 204 Å². The number of aromatic hydroxyl groups is 2. The molecule has 0 radical (unpaired) electrons. The molecule has 5 aliphatic rings. The van der Waals surface area contributed by atoms with E-state index in [-0.39, 0.29) is 51.2 Å². The Bertz CT molecular complexity index is 3550. The topological polar surface area (TPSA) is 519 Å². The Morgan fingerprint density at radius 1 is 0.461 bits per heavy atom. The minimum absolute atomic E-state index is 0.0111. The van der Waals surface area contributed by atoms with E-state index in [2.05, 4.69) is 0 Å². The molecule has 5 heterocycles. The van der Waals surface area contributed by atoms with Crippen molar-refractivity contribution in [2.24, 2.45) is 0 Å². The van der Waals surface area contributed by atoms with Crippen molar-refractivity contribution in [1.29, 1.82) is 0 Å². The minimum atomic E-state index is -2.99. The van der Waals surface area contributed by atoms with Crippen molar-refractivity contribution >= 4 is 42.1 Å². The van der Waals surface area contributed by atoms with Gasteiger partial charge in [-0.3, -0.25) is 0 Å². The van der Waals surface area contributed by atoms with E-state index in [1.807, 2.05) is 0 Å². The van der Waals surface area contributed by atoms with Crippen LogP contribution in [0.5, 0.6) is 34.5 Å². The smallest absolute Gasteiger partial charge is 0.338 e. The predicted octanol–water partition coefficient (Wildman–Crippen LogP) is -3.45. The molecular weight excluding hydrogens is 1360 g/mol. The van der Waals surface area contributed by atoms with E-state index in [0.717, 1.165) is 24.3 Å². The van der Waals surface area contributed by atoms with Crippen LogP contribution in [0, 0.1) is 0 Å². The molecule has 0 spiro atoms. The molecule has 24 unspecified atom stereocenters. The summed E-state index contributed by atoms with van der Waals surface area (Å²) in [7, 11) is 3.81. The van der Waals surface area contributed by atoms with E-state index in [0.29, 0.717) is 5.56 Å². The van der Waals surface area contributed by atoms with Crippen LogP contribution in [0.1, 0.15) is 34.0 Å². The maximum absolute atomic E-state index is 14.5. The molecule has 0 saturated carbocycles. The van der Waals surface area contributed by atoms with E-state index in [1.165, 1.54) is 119 Å². The molecular formula is C67H80O35. The average Bonchev–Trinajstić information content (AvgIpc) is 1.65. The van der Waals surface area contributed by atoms with Gasteiger partial charge in [0.05, 0.1) is 52.8 Å². The van der Waals surface area contributed by atoms with Crippen molar-refractivity contribution in [1.82, 2.24) is 0 Å². The highest BCUT2D eigenvalue weighted by Crippen LogP contribution is 2.43. The first-order valence-corrected chi connectivity index (χ1v) is 31.6. The number of aliphatic hydroxyl groups excluding tert-OH is 13. The lowest BCUT2D eigenvalue weighted by Gasteiger charge is -2.50. The van der Waals surface area contributed by atoms with Gasteiger partial charge in [-0.15, -0.1) is 0 Å². The molecule has 0 bridgehead atoms. The van der Waals surface area contributed by atoms with Crippen LogP contribution < -0.4 is 18.9 Å². The van der Waals surface area contributed by atoms with Gasteiger partial charge in [0.2, 0.25) is 12.1 Å². The van der Waals surface area contributed by atoms with Crippen LogP contribution >= 0.6 is 0 Å². The molecule has 558 valence electrons. The highest BCUT2D eigenvalue weighted by molar-refractivity contribution is 5.90. The fraction of sp³-hybridized carbons (Fsp3) is 0.493. The van der Waals surface area contributed by atoms with Gasteiger partial charge in [0.1, 0.15) is 111 Å². The van der Waals surface area contributed by atoms with Gasteiger partial charge in [-0.25, -0.2) is 19.2 Å². The number of benzene rings is 4. The highest BCUT2D eigenvalue weighted by atomic mass is 16.8. The Labute approximate surface area is 580 Å². The Morgan fingerprint density at radius 3 is 1.52 bits per heavy atom. The predicted molar refractivity (Wildman–Crippen MR) is 338 cm³/mol. The summed E-state index contributed by atoms with van der Waals surface area (Å²) in [5.41, 5.74) is 0.656. The summed E-state index contributed by atoms with van der Waals surface area (Å²) < 4.78 is 93.9. The van der Waals surface area contributed by atoms with Crippen LogP contribution in [0.3, 0.4) is 0 Å². The average molecular weight is 1450 g/mol. The summed E-state index contributed by atoms with van der Waals surface area (Å²) in [4.78, 5) is 55.7. The van der Waals surface area contributed by atoms with Crippen LogP contribution in [-0.2, 0) is 71.2 Å². The molecule has 102 heavy (non-hydrogen) atoms. The first kappa shape index (κ1) is 78.1. The molecule has 0 aromatic heterocycles. The zero-order chi connectivity index (χ0) is 73.9. The van der Waals surface area contributed by atoms with Gasteiger partial charge >= 0.3 is 23.9 Å². The first-order valence-electron chi connectivity index (χ1n) is 31.6. The first-order chi connectivity index (χ1) is 48.7. The number of aliphatic hydroxyl groups is 13. The van der Waals surface area contributed by atoms with Gasteiger partial charge in [-0.2, -0.15) is 0 Å². The highest BCUT2D eigenvalue weighted by Gasteiger charge is 2.64. The number of methoxy groups -OCH3 is 3. The molecule has 5 saturated heterocycles. The number of phenolic OH excluding ortho intramolecular Hbond substituents is 2. The number of carbonyl (C=O) groups excluding carboxylic acids is 4. The van der Waals surface area contributed by atoms with Gasteiger partial charge in [0.15, 0.2) is 65.6 Å². The summed E-state index contributed by atoms with van der Waals surface area (Å²) in [5.74, 6) is -8.28. The molecule has 4 aromatic carbocycles. The summed E-state index contributed by atoms with van der Waals surface area (Å²) in [5, 5.41) is 164. The second-order valence-corrected chi connectivity index (χ2v) is 23.8. The van der Waals surface area contributed by atoms with Gasteiger partial charge < -0.3 is 152 Å². The normalized spacial score (nSPS) is 34.1. The van der Waals surface area contributed by atoms with E-state index >= 15 is 0 Å². The van der Waals surface area contributed by atoms with Crippen LogP contribution in [0.4, 0.5) is 0 Å². The van der Waals surface area contributed by atoms with Crippen LogP contribution in [-0.4, -0.2) is 302 Å². The molecule has 24 atom stereocenters. The molecule has 0 aliphatic carbocycles. The van der Waals surface area contributed by atoms with E-state index in [4.69, 9.17) is 75.8 Å². The lowest BCUT2D eigenvalue weighted by Crippen LogP contribution is -2.69. The fourth-order valence-corrected chi connectivity index (χ4v) is 11.4. The van der Waals surface area contributed by atoms with Crippen LogP contribution in [0.2, 0.25) is 0 Å². The number of rotatable bonds is 27. The zero-order valence-electron chi connectivity index (χ0n) is 54.7. The lowest BCUT2D eigenvalue weighted by atomic mass is 9.95. The summed E-state index contributed by atoms with van der Waals surface area (Å²) in [6.07, 6.45) is -40.5. The summed E-state index contributed by atoms with van der Waals surface area (Å²) >= 11 is 0. The molecule has 35 heteroatoms. The molecule has 9 rings (SSSR count). The van der Waals surface area contributed by atoms with Gasteiger partial charge in [0, 0.05) is 18.2 Å². The second-order valence-electron chi connectivity index (χ2n) is 23.8. The molecule has 35 nitrogen and oxygen atoms in total. The van der Waals surface area contributed by atoms with E-state index in [9.17, 15) is 95.8 Å². The monoisotopic (exact) mass is 1440 g/mol. The number of phenols is 2. The molecule has 4 aromatic rings. The maximum atomic E-state index is 14.5. The minimum Gasteiger partial charge on any atom is -0.504 e. The lowest BCUT2D eigenvalue weighted by molar-refractivity contribution is -0.421. The third-order valence-electron chi connectivity index (χ3n) is 17.0. The molecule has 5 aliphatic heterocycles. The molecule has 0 amide bonds. The zero-order valence-corrected chi connectivity index (χ0v) is 54.7. The number of hydrogen-bond donors (Lipinski definition) is 15. The second kappa shape index (κ2) is 34.9. The Hall–Kier alpha value is -8.06. The maximum Gasteiger partial charge on any atom is 0.338 e. The third kappa shape index (κ3) is 18.1. The van der Waals surface area contributed by atoms with Gasteiger partial charge in [0.25, 0.3) is 0 Å².